The molecule has 8 nitrogen and oxygen atoms in total. The molecule has 0 aliphatic carbocycles. The minimum Gasteiger partial charge on any atom is -0.657 e. The van der Waals surface area contributed by atoms with Crippen molar-refractivity contribution in [3.8, 4) is 22.3 Å². The molecule has 0 saturated carbocycles. The van der Waals surface area contributed by atoms with Crippen molar-refractivity contribution in [2.75, 3.05) is 14.2 Å². The van der Waals surface area contributed by atoms with Crippen LogP contribution < -0.4 is 9.97 Å². The molecule has 5 aromatic rings. The van der Waals surface area contributed by atoms with Gasteiger partial charge >= 0.3 is 31.4 Å². The quantitative estimate of drug-likeness (QED) is 0.0922. The Bertz CT molecular complexity index is 2720. The Balaban J connectivity index is 0.00000700. The number of ether oxygens (including phenoxy) is 2. The molecule has 2 aliphatic heterocycles. The van der Waals surface area contributed by atoms with Crippen LogP contribution in [0.3, 0.4) is 0 Å². The summed E-state index contributed by atoms with van der Waals surface area (Å²) in [6.07, 6.45) is 14.2. The predicted octanol–water partition coefficient (Wildman–Crippen LogP) is 12.8. The van der Waals surface area contributed by atoms with Crippen LogP contribution in [0.5, 0.6) is 0 Å². The maximum absolute atomic E-state index is 12.7. The third-order valence-corrected chi connectivity index (χ3v) is 11.8. The van der Waals surface area contributed by atoms with Crippen LogP contribution in [0.15, 0.2) is 72.8 Å². The summed E-state index contributed by atoms with van der Waals surface area (Å²) in [6.45, 7) is 26.7. The summed E-state index contributed by atoms with van der Waals surface area (Å²) >= 11 is 0. The van der Waals surface area contributed by atoms with Gasteiger partial charge in [0.15, 0.2) is 0 Å². The first-order valence-electron chi connectivity index (χ1n) is 21.9. The molecule has 0 N–H and O–H groups in total. The van der Waals surface area contributed by atoms with Gasteiger partial charge in [-0.3, -0.25) is 0 Å². The molecule has 0 spiro atoms. The fraction of sp³-hybridized carbons (Fsp3) is 0.321. The van der Waals surface area contributed by atoms with Crippen LogP contribution in [-0.2, 0) is 60.2 Å². The first-order chi connectivity index (χ1) is 29.9. The molecule has 2 aromatic carbocycles. The van der Waals surface area contributed by atoms with E-state index in [0.29, 0.717) is 56.0 Å². The zero-order valence-electron chi connectivity index (χ0n) is 40.5. The van der Waals surface area contributed by atoms with E-state index in [1.807, 2.05) is 48.6 Å². The normalized spacial score (nSPS) is 13.1. The SMILES string of the molecule is COC(=O)/C=C/c1c2nc(c(-c3cc(C(C)(C)C)cc(C(C)(C)C)c3)c3ccc([n-]3)c(/C=C/C(=O)OC)c3nc(c(-c4cc(C(C)(C)C)cc(C(C)(C)C)c4)c4ccc1[n-]4)C=C3)C=C2.[Zn+2]. The van der Waals surface area contributed by atoms with Gasteiger partial charge in [-0.05, 0) is 114 Å². The van der Waals surface area contributed by atoms with Gasteiger partial charge in [-0.25, -0.2) is 19.6 Å². The first-order valence-corrected chi connectivity index (χ1v) is 21.9. The largest absolute Gasteiger partial charge is 2.00 e. The molecule has 5 heterocycles. The molecule has 0 saturated heterocycles. The van der Waals surface area contributed by atoms with Gasteiger partial charge in [0.1, 0.15) is 0 Å². The molecule has 330 valence electrons. The van der Waals surface area contributed by atoms with Crippen molar-refractivity contribution >= 4 is 70.5 Å². The van der Waals surface area contributed by atoms with Gasteiger partial charge in [-0.2, -0.15) is 0 Å². The average molecular weight is 919 g/mol. The number of esters is 2. The van der Waals surface area contributed by atoms with Gasteiger partial charge in [0.2, 0.25) is 0 Å². The Labute approximate surface area is 397 Å². The number of benzene rings is 2. The van der Waals surface area contributed by atoms with Crippen LogP contribution in [-0.4, -0.2) is 36.1 Å². The molecule has 0 atom stereocenters. The molecular weight excluding hydrogens is 858 g/mol. The number of nitrogens with zero attached hydrogens (tertiary/aromatic N) is 4. The molecule has 2 aliphatic rings. The zero-order valence-corrected chi connectivity index (χ0v) is 43.5. The minimum absolute atomic E-state index is 0. The number of methoxy groups -OCH3 is 2. The Morgan fingerprint density at radius 2 is 0.754 bits per heavy atom. The second-order valence-corrected chi connectivity index (χ2v) is 20.8. The number of aromatic nitrogens is 4. The summed E-state index contributed by atoms with van der Waals surface area (Å²) in [4.78, 5) is 46.7. The van der Waals surface area contributed by atoms with Crippen molar-refractivity contribution in [3.05, 3.63) is 129 Å². The van der Waals surface area contributed by atoms with E-state index in [2.05, 4.69) is 119 Å². The van der Waals surface area contributed by atoms with Crippen LogP contribution in [0.2, 0.25) is 0 Å². The fourth-order valence-electron chi connectivity index (χ4n) is 7.78. The smallest absolute Gasteiger partial charge is 0.657 e. The van der Waals surface area contributed by atoms with Gasteiger partial charge < -0.3 is 19.4 Å². The fourth-order valence-corrected chi connectivity index (χ4v) is 7.78. The molecule has 8 bridgehead atoms. The van der Waals surface area contributed by atoms with Gasteiger partial charge in [0.05, 0.1) is 37.0 Å². The van der Waals surface area contributed by atoms with E-state index < -0.39 is 11.9 Å². The summed E-state index contributed by atoms with van der Waals surface area (Å²) in [6, 6.07) is 21.5. The van der Waals surface area contributed by atoms with Crippen LogP contribution in [0.25, 0.3) is 80.8 Å². The standard InChI is InChI=1S/C56H61N4O4.Zn/c1-53(2,3)35-27-33(28-36(31-35)54(4,5)6)51-45-21-17-41(57-45)39(15-25-49(61)63-13)43-19-23-47(59-43)52(34-29-37(55(7,8)9)32-38(30-34)56(10,11)12)48-24-20-44(60-48)40(16-26-50(62)64-14)42-18-22-46(51)58-42;/h15-32H,1-14H3,(H-,57,58,59,60,61,62);/q-1;+2/p-1. The van der Waals surface area contributed by atoms with E-state index in [0.717, 1.165) is 22.3 Å². The van der Waals surface area contributed by atoms with E-state index in [1.165, 1.54) is 48.6 Å². The van der Waals surface area contributed by atoms with Crippen molar-refractivity contribution in [2.45, 2.75) is 105 Å². The van der Waals surface area contributed by atoms with Gasteiger partial charge in [-0.15, -0.1) is 22.1 Å². The minimum atomic E-state index is -0.490. The third kappa shape index (κ3) is 10.5. The maximum atomic E-state index is 12.7. The average Bonchev–Trinajstić information content (AvgIpc) is 4.07. The molecule has 0 fully saturated rings. The predicted molar refractivity (Wildman–Crippen MR) is 265 cm³/mol. The summed E-state index contributed by atoms with van der Waals surface area (Å²) in [5, 5.41) is 0. The Morgan fingerprint density at radius 1 is 0.462 bits per heavy atom. The number of fused-ring (bicyclic) bond motifs is 8. The van der Waals surface area contributed by atoms with Crippen molar-refractivity contribution < 1.29 is 38.5 Å². The van der Waals surface area contributed by atoms with Crippen LogP contribution in [0, 0.1) is 0 Å². The van der Waals surface area contributed by atoms with E-state index in [9.17, 15) is 9.59 Å². The molecule has 9 heteroatoms. The van der Waals surface area contributed by atoms with Crippen molar-refractivity contribution in [1.82, 2.24) is 19.9 Å². The summed E-state index contributed by atoms with van der Waals surface area (Å²) in [5.41, 5.74) is 14.4. The Hall–Kier alpha value is -5.92. The monoisotopic (exact) mass is 916 g/mol. The van der Waals surface area contributed by atoms with Gasteiger partial charge in [-0.1, -0.05) is 144 Å². The third-order valence-electron chi connectivity index (χ3n) is 11.8. The van der Waals surface area contributed by atoms with Crippen molar-refractivity contribution in [1.29, 1.82) is 0 Å². The Kier molecular flexibility index (Phi) is 13.6. The van der Waals surface area contributed by atoms with Gasteiger partial charge in [0, 0.05) is 12.2 Å². The molecule has 0 radical (unpaired) electrons. The number of rotatable bonds is 6. The molecule has 0 unspecified atom stereocenters. The van der Waals surface area contributed by atoms with Crippen LogP contribution in [0.4, 0.5) is 0 Å². The van der Waals surface area contributed by atoms with Crippen LogP contribution >= 0.6 is 0 Å². The molecule has 3 aromatic heterocycles. The van der Waals surface area contributed by atoms with Crippen molar-refractivity contribution in [2.24, 2.45) is 0 Å². The Morgan fingerprint density at radius 3 is 1.05 bits per heavy atom. The van der Waals surface area contributed by atoms with E-state index in [-0.39, 0.29) is 41.1 Å². The molecule has 0 amide bonds. The summed E-state index contributed by atoms with van der Waals surface area (Å²) in [5.74, 6) is -0.981. The van der Waals surface area contributed by atoms with Crippen LogP contribution in [0.1, 0.15) is 139 Å². The second-order valence-electron chi connectivity index (χ2n) is 20.8. The maximum Gasteiger partial charge on any atom is 2.00 e. The van der Waals surface area contributed by atoms with E-state index >= 15 is 0 Å². The number of carbonyl (C=O) groups is 2. The van der Waals surface area contributed by atoms with Gasteiger partial charge in [0.25, 0.3) is 0 Å². The summed E-state index contributed by atoms with van der Waals surface area (Å²) < 4.78 is 10.1. The first kappa shape index (κ1) is 48.5. The number of hydrogen-bond acceptors (Lipinski definition) is 6. The second kappa shape index (κ2) is 18.2. The number of hydrogen-bond donors (Lipinski definition) is 0. The zero-order chi connectivity index (χ0) is 46.5. The topological polar surface area (TPSA) is 107 Å². The summed E-state index contributed by atoms with van der Waals surface area (Å²) in [7, 11) is 2.73. The molecular formula is C56H60N4O4Zn. The molecule has 7 rings (SSSR count). The van der Waals surface area contributed by atoms with E-state index in [1.54, 1.807) is 12.2 Å². The number of carbonyl (C=O) groups excluding carboxylic acids is 2. The van der Waals surface area contributed by atoms with E-state index in [4.69, 9.17) is 29.4 Å². The molecule has 65 heavy (non-hydrogen) atoms. The van der Waals surface area contributed by atoms with Crippen molar-refractivity contribution in [3.63, 3.8) is 0 Å².